The Kier molecular flexibility index (Phi) is 2.94. The molecular formula is C13H14N4O3. The van der Waals surface area contributed by atoms with E-state index in [9.17, 15) is 4.79 Å². The van der Waals surface area contributed by atoms with Crippen molar-refractivity contribution in [2.75, 3.05) is 12.5 Å². The van der Waals surface area contributed by atoms with Crippen molar-refractivity contribution in [2.24, 2.45) is 0 Å². The highest BCUT2D eigenvalue weighted by atomic mass is 16.7. The van der Waals surface area contributed by atoms with E-state index < -0.39 is 0 Å². The van der Waals surface area contributed by atoms with Gasteiger partial charge in [0.15, 0.2) is 17.2 Å². The van der Waals surface area contributed by atoms with Gasteiger partial charge in [-0.05, 0) is 24.6 Å². The van der Waals surface area contributed by atoms with Crippen LogP contribution in [-0.4, -0.2) is 22.9 Å². The zero-order chi connectivity index (χ0) is 14.1. The molecule has 7 nitrogen and oxygen atoms in total. The largest absolute Gasteiger partial charge is 0.454 e. The average molecular weight is 274 g/mol. The Morgan fingerprint density at radius 1 is 1.45 bits per heavy atom. The molecule has 1 aromatic heterocycles. The lowest BCUT2D eigenvalue weighted by molar-refractivity contribution is 0.0946. The molecule has 0 aliphatic carbocycles. The van der Waals surface area contributed by atoms with Crippen LogP contribution in [0.5, 0.6) is 11.5 Å². The lowest BCUT2D eigenvalue weighted by atomic mass is 10.2. The summed E-state index contributed by atoms with van der Waals surface area (Å²) < 4.78 is 10.5. The zero-order valence-electron chi connectivity index (χ0n) is 10.9. The standard InChI is InChI=1S/C13H14N4O3/c1-7-11(14)12(17-16-7)13(18)15-5-8-2-3-9-10(4-8)20-6-19-9/h2-4H,5-6,14H2,1H3,(H,15,18)(H,16,17). The van der Waals surface area contributed by atoms with Crippen LogP contribution in [0, 0.1) is 6.92 Å². The number of fused-ring (bicyclic) bond motifs is 1. The van der Waals surface area contributed by atoms with Gasteiger partial charge in [0, 0.05) is 6.54 Å². The zero-order valence-corrected chi connectivity index (χ0v) is 10.9. The quantitative estimate of drug-likeness (QED) is 0.773. The van der Waals surface area contributed by atoms with Crippen molar-refractivity contribution in [1.29, 1.82) is 0 Å². The molecule has 0 saturated carbocycles. The molecule has 0 radical (unpaired) electrons. The van der Waals surface area contributed by atoms with Crippen LogP contribution in [0.3, 0.4) is 0 Å². The van der Waals surface area contributed by atoms with E-state index in [2.05, 4.69) is 15.5 Å². The van der Waals surface area contributed by atoms with Gasteiger partial charge in [0.1, 0.15) is 0 Å². The van der Waals surface area contributed by atoms with Crippen LogP contribution in [-0.2, 0) is 6.54 Å². The van der Waals surface area contributed by atoms with Crippen LogP contribution in [0.15, 0.2) is 18.2 Å². The Morgan fingerprint density at radius 2 is 2.25 bits per heavy atom. The summed E-state index contributed by atoms with van der Waals surface area (Å²) in [6.07, 6.45) is 0. The Bertz CT molecular complexity index is 666. The monoisotopic (exact) mass is 274 g/mol. The van der Waals surface area contributed by atoms with E-state index in [1.165, 1.54) is 0 Å². The molecule has 1 aromatic carbocycles. The van der Waals surface area contributed by atoms with E-state index in [-0.39, 0.29) is 18.4 Å². The minimum atomic E-state index is -0.315. The fourth-order valence-corrected chi connectivity index (χ4v) is 1.93. The van der Waals surface area contributed by atoms with Crippen molar-refractivity contribution in [3.63, 3.8) is 0 Å². The third kappa shape index (κ3) is 2.13. The van der Waals surface area contributed by atoms with Crippen LogP contribution in [0.2, 0.25) is 0 Å². The van der Waals surface area contributed by atoms with Gasteiger partial charge in [-0.3, -0.25) is 9.89 Å². The normalized spacial score (nSPS) is 12.4. The molecule has 7 heteroatoms. The first-order valence-corrected chi connectivity index (χ1v) is 6.12. The fraction of sp³-hybridized carbons (Fsp3) is 0.231. The van der Waals surface area contributed by atoms with Gasteiger partial charge in [-0.1, -0.05) is 6.07 Å². The number of ether oxygens (including phenoxy) is 2. The minimum absolute atomic E-state index is 0.211. The molecule has 3 rings (SSSR count). The second-order valence-corrected chi connectivity index (χ2v) is 4.48. The first kappa shape index (κ1) is 12.3. The number of hydrogen-bond donors (Lipinski definition) is 3. The topological polar surface area (TPSA) is 102 Å². The van der Waals surface area contributed by atoms with Gasteiger partial charge in [0.05, 0.1) is 11.4 Å². The van der Waals surface area contributed by atoms with Crippen molar-refractivity contribution >= 4 is 11.6 Å². The van der Waals surface area contributed by atoms with E-state index in [0.717, 1.165) is 5.56 Å². The highest BCUT2D eigenvalue weighted by molar-refractivity contribution is 5.97. The molecule has 1 aliphatic rings. The Hall–Kier alpha value is -2.70. The summed E-state index contributed by atoms with van der Waals surface area (Å²) >= 11 is 0. The number of hydrogen-bond acceptors (Lipinski definition) is 5. The van der Waals surface area contributed by atoms with Crippen LogP contribution >= 0.6 is 0 Å². The molecule has 20 heavy (non-hydrogen) atoms. The van der Waals surface area contributed by atoms with Crippen LogP contribution in [0.1, 0.15) is 21.7 Å². The summed E-state index contributed by atoms with van der Waals surface area (Å²) in [6, 6.07) is 5.52. The van der Waals surface area contributed by atoms with E-state index in [0.29, 0.717) is 29.4 Å². The van der Waals surface area contributed by atoms with Crippen molar-refractivity contribution in [3.8, 4) is 11.5 Å². The molecular weight excluding hydrogens is 260 g/mol. The maximum absolute atomic E-state index is 12.0. The Morgan fingerprint density at radius 3 is 3.00 bits per heavy atom. The first-order chi connectivity index (χ1) is 9.65. The number of rotatable bonds is 3. The second kappa shape index (κ2) is 4.76. The molecule has 104 valence electrons. The summed E-state index contributed by atoms with van der Waals surface area (Å²) in [5, 5.41) is 9.32. The van der Waals surface area contributed by atoms with Crippen LogP contribution < -0.4 is 20.5 Å². The van der Waals surface area contributed by atoms with Gasteiger partial charge >= 0.3 is 0 Å². The number of nitrogens with zero attached hydrogens (tertiary/aromatic N) is 1. The van der Waals surface area contributed by atoms with Crippen LogP contribution in [0.25, 0.3) is 0 Å². The summed E-state index contributed by atoms with van der Waals surface area (Å²) in [5.74, 6) is 1.09. The van der Waals surface area contributed by atoms with Gasteiger partial charge in [-0.25, -0.2) is 0 Å². The van der Waals surface area contributed by atoms with Gasteiger partial charge in [0.25, 0.3) is 5.91 Å². The number of nitrogens with one attached hydrogen (secondary N) is 2. The van der Waals surface area contributed by atoms with E-state index in [4.69, 9.17) is 15.2 Å². The molecule has 1 amide bonds. The first-order valence-electron chi connectivity index (χ1n) is 6.12. The highest BCUT2D eigenvalue weighted by Gasteiger charge is 2.16. The number of carbonyl (C=O) groups excluding carboxylic acids is 1. The third-order valence-electron chi connectivity index (χ3n) is 3.10. The molecule has 4 N–H and O–H groups in total. The summed E-state index contributed by atoms with van der Waals surface area (Å²) in [6.45, 7) is 2.35. The highest BCUT2D eigenvalue weighted by Crippen LogP contribution is 2.32. The van der Waals surface area contributed by atoms with Gasteiger partial charge in [-0.2, -0.15) is 5.10 Å². The number of nitrogens with two attached hydrogens (primary N) is 1. The number of H-pyrrole nitrogens is 1. The van der Waals surface area contributed by atoms with Gasteiger partial charge < -0.3 is 20.5 Å². The average Bonchev–Trinajstić information content (AvgIpc) is 3.03. The van der Waals surface area contributed by atoms with Crippen molar-refractivity contribution in [3.05, 3.63) is 35.2 Å². The Labute approximate surface area is 115 Å². The van der Waals surface area contributed by atoms with Crippen molar-refractivity contribution in [1.82, 2.24) is 15.5 Å². The molecule has 0 bridgehead atoms. The Balaban J connectivity index is 1.67. The molecule has 2 aromatic rings. The SMILES string of the molecule is Cc1[nH]nc(C(=O)NCc2ccc3c(c2)OCO3)c1N. The van der Waals surface area contributed by atoms with Crippen molar-refractivity contribution in [2.45, 2.75) is 13.5 Å². The van der Waals surface area contributed by atoms with E-state index in [1.54, 1.807) is 6.92 Å². The molecule has 0 spiro atoms. The number of aromatic nitrogens is 2. The van der Waals surface area contributed by atoms with E-state index >= 15 is 0 Å². The summed E-state index contributed by atoms with van der Waals surface area (Å²) in [7, 11) is 0. The molecule has 1 aliphatic heterocycles. The number of benzene rings is 1. The smallest absolute Gasteiger partial charge is 0.274 e. The number of nitrogen functional groups attached to an aromatic ring is 1. The number of anilines is 1. The lowest BCUT2D eigenvalue weighted by Gasteiger charge is -2.05. The van der Waals surface area contributed by atoms with Gasteiger partial charge in [-0.15, -0.1) is 0 Å². The predicted molar refractivity (Wildman–Crippen MR) is 71.5 cm³/mol. The predicted octanol–water partition coefficient (Wildman–Crippen LogP) is 0.959. The van der Waals surface area contributed by atoms with Crippen molar-refractivity contribution < 1.29 is 14.3 Å². The molecule has 0 unspecified atom stereocenters. The minimum Gasteiger partial charge on any atom is -0.454 e. The van der Waals surface area contributed by atoms with Crippen LogP contribution in [0.4, 0.5) is 5.69 Å². The maximum Gasteiger partial charge on any atom is 0.274 e. The molecule has 2 heterocycles. The molecule has 0 saturated heterocycles. The van der Waals surface area contributed by atoms with E-state index in [1.807, 2.05) is 18.2 Å². The number of amides is 1. The maximum atomic E-state index is 12.0. The second-order valence-electron chi connectivity index (χ2n) is 4.48. The fourth-order valence-electron chi connectivity index (χ4n) is 1.93. The lowest BCUT2D eigenvalue weighted by Crippen LogP contribution is -2.24. The summed E-state index contributed by atoms with van der Waals surface area (Å²) in [4.78, 5) is 12.0. The number of aromatic amines is 1. The van der Waals surface area contributed by atoms with Gasteiger partial charge in [0.2, 0.25) is 6.79 Å². The third-order valence-corrected chi connectivity index (χ3v) is 3.10. The number of aryl methyl sites for hydroxylation is 1. The number of carbonyl (C=O) groups is 1. The molecule has 0 atom stereocenters. The summed E-state index contributed by atoms with van der Waals surface area (Å²) in [5.41, 5.74) is 7.92. The molecule has 0 fully saturated rings.